The fourth-order valence-corrected chi connectivity index (χ4v) is 4.02. The van der Waals surface area contributed by atoms with Crippen molar-refractivity contribution < 1.29 is 4.79 Å². The lowest BCUT2D eigenvalue weighted by Gasteiger charge is -2.28. The highest BCUT2D eigenvalue weighted by Gasteiger charge is 2.23. The molecule has 0 spiro atoms. The van der Waals surface area contributed by atoms with Gasteiger partial charge in [-0.15, -0.1) is 24.8 Å². The zero-order valence-electron chi connectivity index (χ0n) is 15.8. The Morgan fingerprint density at radius 3 is 2.74 bits per heavy atom. The second-order valence-corrected chi connectivity index (χ2v) is 7.82. The number of anilines is 1. The van der Waals surface area contributed by atoms with E-state index in [2.05, 4.69) is 27.5 Å². The monoisotopic (exact) mass is 412 g/mol. The molecule has 1 amide bonds. The van der Waals surface area contributed by atoms with Gasteiger partial charge in [-0.3, -0.25) is 4.79 Å². The summed E-state index contributed by atoms with van der Waals surface area (Å²) in [6, 6.07) is 5.96. The van der Waals surface area contributed by atoms with Gasteiger partial charge in [0.25, 0.3) is 0 Å². The molecular formula is C20H30Cl2N4O. The SMILES string of the molecule is CC(CC(=O)Nc1ccc2nc(C3CCC3)[nH]c2c1)C1CCCNC1.Cl.Cl. The number of aromatic nitrogens is 2. The zero-order chi connectivity index (χ0) is 17.2. The van der Waals surface area contributed by atoms with E-state index in [1.807, 2.05) is 18.2 Å². The molecule has 27 heavy (non-hydrogen) atoms. The van der Waals surface area contributed by atoms with Crippen LogP contribution in [-0.2, 0) is 4.79 Å². The van der Waals surface area contributed by atoms with Gasteiger partial charge in [-0.2, -0.15) is 0 Å². The van der Waals surface area contributed by atoms with Crippen LogP contribution in [-0.4, -0.2) is 29.0 Å². The van der Waals surface area contributed by atoms with Crippen molar-refractivity contribution in [2.75, 3.05) is 18.4 Å². The van der Waals surface area contributed by atoms with Crippen molar-refractivity contribution in [3.05, 3.63) is 24.0 Å². The van der Waals surface area contributed by atoms with Crippen LogP contribution in [0.4, 0.5) is 5.69 Å². The van der Waals surface area contributed by atoms with E-state index in [9.17, 15) is 4.79 Å². The van der Waals surface area contributed by atoms with Gasteiger partial charge in [0.2, 0.25) is 5.91 Å². The zero-order valence-corrected chi connectivity index (χ0v) is 17.4. The normalized spacial score (nSPS) is 20.9. The van der Waals surface area contributed by atoms with E-state index in [0.717, 1.165) is 35.6 Å². The third-order valence-corrected chi connectivity index (χ3v) is 5.92. The minimum Gasteiger partial charge on any atom is -0.342 e. The number of aromatic amines is 1. The summed E-state index contributed by atoms with van der Waals surface area (Å²) in [6.45, 7) is 4.35. The summed E-state index contributed by atoms with van der Waals surface area (Å²) in [5.74, 6) is 2.82. The summed E-state index contributed by atoms with van der Waals surface area (Å²) >= 11 is 0. The van der Waals surface area contributed by atoms with Crippen LogP contribution < -0.4 is 10.6 Å². The summed E-state index contributed by atoms with van der Waals surface area (Å²) in [5, 5.41) is 6.50. The number of halogens is 2. The molecule has 1 aliphatic carbocycles. The molecule has 5 nitrogen and oxygen atoms in total. The van der Waals surface area contributed by atoms with Crippen molar-refractivity contribution in [2.24, 2.45) is 11.8 Å². The third-order valence-electron chi connectivity index (χ3n) is 5.92. The summed E-state index contributed by atoms with van der Waals surface area (Å²) in [7, 11) is 0. The summed E-state index contributed by atoms with van der Waals surface area (Å²) < 4.78 is 0. The Morgan fingerprint density at radius 1 is 1.26 bits per heavy atom. The van der Waals surface area contributed by atoms with E-state index in [0.29, 0.717) is 24.2 Å². The van der Waals surface area contributed by atoms with E-state index in [1.54, 1.807) is 0 Å². The third kappa shape index (κ3) is 5.15. The van der Waals surface area contributed by atoms with Crippen LogP contribution in [0.3, 0.4) is 0 Å². The van der Waals surface area contributed by atoms with Gasteiger partial charge in [-0.05, 0) is 68.8 Å². The Morgan fingerprint density at radius 2 is 2.07 bits per heavy atom. The molecular weight excluding hydrogens is 383 g/mol. The number of benzene rings is 1. The molecule has 0 radical (unpaired) electrons. The molecule has 3 N–H and O–H groups in total. The molecule has 2 fully saturated rings. The van der Waals surface area contributed by atoms with Crippen molar-refractivity contribution in [2.45, 2.75) is 51.4 Å². The standard InChI is InChI=1S/C20H28N4O.2ClH/c1-13(15-6-3-9-21-12-15)10-19(25)22-16-7-8-17-18(11-16)24-20(23-17)14-4-2-5-14;;/h7-8,11,13-15,21H,2-6,9-10,12H2,1H3,(H,22,25)(H,23,24);2*1H. The molecule has 2 heterocycles. The molecule has 4 rings (SSSR count). The number of piperidine rings is 1. The van der Waals surface area contributed by atoms with Gasteiger partial charge in [-0.25, -0.2) is 4.98 Å². The van der Waals surface area contributed by atoms with Crippen molar-refractivity contribution >= 4 is 47.4 Å². The van der Waals surface area contributed by atoms with Crippen molar-refractivity contribution in [1.82, 2.24) is 15.3 Å². The van der Waals surface area contributed by atoms with Crippen molar-refractivity contribution in [3.63, 3.8) is 0 Å². The lowest BCUT2D eigenvalue weighted by molar-refractivity contribution is -0.117. The van der Waals surface area contributed by atoms with Gasteiger partial charge in [0.1, 0.15) is 5.82 Å². The van der Waals surface area contributed by atoms with Crippen LogP contribution in [0.25, 0.3) is 11.0 Å². The molecule has 0 bridgehead atoms. The van der Waals surface area contributed by atoms with E-state index in [1.165, 1.54) is 32.1 Å². The number of hydrogen-bond acceptors (Lipinski definition) is 3. The minimum absolute atomic E-state index is 0. The van der Waals surface area contributed by atoms with Gasteiger partial charge in [0.15, 0.2) is 0 Å². The molecule has 2 unspecified atom stereocenters. The van der Waals surface area contributed by atoms with Crippen LogP contribution in [0.2, 0.25) is 0 Å². The largest absolute Gasteiger partial charge is 0.342 e. The lowest BCUT2D eigenvalue weighted by atomic mass is 9.85. The number of rotatable bonds is 5. The number of nitrogens with zero attached hydrogens (tertiary/aromatic N) is 1. The number of carbonyl (C=O) groups is 1. The Balaban J connectivity index is 0.00000131. The summed E-state index contributed by atoms with van der Waals surface area (Å²) in [6.07, 6.45) is 6.80. The second-order valence-electron chi connectivity index (χ2n) is 7.82. The molecule has 1 aromatic heterocycles. The Bertz CT molecular complexity index is 754. The highest BCUT2D eigenvalue weighted by atomic mass is 35.5. The first-order valence-electron chi connectivity index (χ1n) is 9.69. The minimum atomic E-state index is 0. The molecule has 1 saturated heterocycles. The maximum absolute atomic E-state index is 12.4. The van der Waals surface area contributed by atoms with E-state index in [4.69, 9.17) is 0 Å². The molecule has 7 heteroatoms. The number of fused-ring (bicyclic) bond motifs is 1. The first kappa shape index (κ1) is 22.0. The molecule has 2 atom stereocenters. The predicted octanol–water partition coefficient (Wildman–Crippen LogP) is 4.64. The highest BCUT2D eigenvalue weighted by Crippen LogP contribution is 2.35. The Labute approximate surface area is 173 Å². The number of hydrogen-bond donors (Lipinski definition) is 3. The van der Waals surface area contributed by atoms with Crippen molar-refractivity contribution in [1.29, 1.82) is 0 Å². The van der Waals surface area contributed by atoms with Crippen LogP contribution in [0.15, 0.2) is 18.2 Å². The highest BCUT2D eigenvalue weighted by molar-refractivity contribution is 5.93. The number of imidazole rings is 1. The van der Waals surface area contributed by atoms with Gasteiger partial charge < -0.3 is 15.6 Å². The number of carbonyl (C=O) groups excluding carboxylic acids is 1. The molecule has 1 saturated carbocycles. The molecule has 2 aromatic rings. The molecule has 2 aliphatic rings. The van der Waals surface area contributed by atoms with Crippen LogP contribution in [0, 0.1) is 11.8 Å². The molecule has 1 aromatic carbocycles. The Hall–Kier alpha value is -1.30. The van der Waals surface area contributed by atoms with Crippen LogP contribution in [0.1, 0.15) is 57.2 Å². The predicted molar refractivity (Wildman–Crippen MR) is 115 cm³/mol. The van der Waals surface area contributed by atoms with Crippen LogP contribution >= 0.6 is 24.8 Å². The lowest BCUT2D eigenvalue weighted by Crippen LogP contribution is -2.34. The topological polar surface area (TPSA) is 69.8 Å². The van der Waals surface area contributed by atoms with Gasteiger partial charge in [0, 0.05) is 18.0 Å². The fourth-order valence-electron chi connectivity index (χ4n) is 4.02. The molecule has 1 aliphatic heterocycles. The summed E-state index contributed by atoms with van der Waals surface area (Å²) in [5.41, 5.74) is 2.86. The average Bonchev–Trinajstić information content (AvgIpc) is 2.96. The first-order chi connectivity index (χ1) is 12.2. The maximum atomic E-state index is 12.4. The van der Waals surface area contributed by atoms with Gasteiger partial charge >= 0.3 is 0 Å². The summed E-state index contributed by atoms with van der Waals surface area (Å²) in [4.78, 5) is 20.5. The number of amides is 1. The Kier molecular flexibility index (Phi) is 7.95. The van der Waals surface area contributed by atoms with Gasteiger partial charge in [0.05, 0.1) is 11.0 Å². The number of H-pyrrole nitrogens is 1. The quantitative estimate of drug-likeness (QED) is 0.669. The first-order valence-corrected chi connectivity index (χ1v) is 9.69. The van der Waals surface area contributed by atoms with Gasteiger partial charge in [-0.1, -0.05) is 13.3 Å². The maximum Gasteiger partial charge on any atom is 0.224 e. The van der Waals surface area contributed by atoms with E-state index in [-0.39, 0.29) is 30.7 Å². The fraction of sp³-hybridized carbons (Fsp3) is 0.600. The van der Waals surface area contributed by atoms with E-state index >= 15 is 0 Å². The van der Waals surface area contributed by atoms with E-state index < -0.39 is 0 Å². The average molecular weight is 413 g/mol. The number of nitrogens with one attached hydrogen (secondary N) is 3. The van der Waals surface area contributed by atoms with Crippen LogP contribution in [0.5, 0.6) is 0 Å². The smallest absolute Gasteiger partial charge is 0.224 e. The second kappa shape index (κ2) is 9.76. The van der Waals surface area contributed by atoms with Crippen molar-refractivity contribution in [3.8, 4) is 0 Å². The molecule has 150 valence electrons.